The Balaban J connectivity index is 2.80. The van der Waals surface area contributed by atoms with Gasteiger partial charge in [-0.25, -0.2) is 4.79 Å². The largest absolute Gasteiger partial charge is 0.464 e. The Morgan fingerprint density at radius 1 is 1.33 bits per heavy atom. The number of para-hydroxylation sites is 1. The summed E-state index contributed by atoms with van der Waals surface area (Å²) in [4.78, 5) is 12.0. The van der Waals surface area contributed by atoms with Gasteiger partial charge >= 0.3 is 5.97 Å². The summed E-state index contributed by atoms with van der Waals surface area (Å²) >= 11 is 0. The van der Waals surface area contributed by atoms with Gasteiger partial charge < -0.3 is 14.8 Å². The number of hydrogen-bond donors (Lipinski definition) is 1. The summed E-state index contributed by atoms with van der Waals surface area (Å²) in [6.45, 7) is 4.50. The van der Waals surface area contributed by atoms with Crippen molar-refractivity contribution < 1.29 is 14.3 Å². The Hall–Kier alpha value is -1.55. The first-order valence-corrected chi connectivity index (χ1v) is 6.12. The van der Waals surface area contributed by atoms with Crippen LogP contribution in [-0.2, 0) is 14.3 Å². The molecule has 0 fully saturated rings. The molecule has 0 heterocycles. The molecule has 0 aliphatic rings. The summed E-state index contributed by atoms with van der Waals surface area (Å²) in [6.07, 6.45) is 0.553. The van der Waals surface area contributed by atoms with Crippen molar-refractivity contribution in [3.63, 3.8) is 0 Å². The fourth-order valence-corrected chi connectivity index (χ4v) is 1.65. The van der Waals surface area contributed by atoms with Gasteiger partial charge in [0.1, 0.15) is 5.54 Å². The maximum Gasteiger partial charge on any atom is 0.331 e. The van der Waals surface area contributed by atoms with E-state index in [-0.39, 0.29) is 5.97 Å². The van der Waals surface area contributed by atoms with Crippen molar-refractivity contribution in [2.75, 3.05) is 25.6 Å². The van der Waals surface area contributed by atoms with Gasteiger partial charge in [0.25, 0.3) is 0 Å². The molecule has 0 saturated heterocycles. The van der Waals surface area contributed by atoms with Crippen molar-refractivity contribution in [3.05, 3.63) is 30.3 Å². The van der Waals surface area contributed by atoms with Crippen LogP contribution >= 0.6 is 0 Å². The number of hydrogen-bond acceptors (Lipinski definition) is 4. The highest BCUT2D eigenvalue weighted by Crippen LogP contribution is 2.20. The van der Waals surface area contributed by atoms with Crippen LogP contribution in [0.4, 0.5) is 5.69 Å². The van der Waals surface area contributed by atoms with Crippen molar-refractivity contribution in [2.24, 2.45) is 0 Å². The molecule has 1 N–H and O–H groups in total. The van der Waals surface area contributed by atoms with Crippen molar-refractivity contribution in [1.29, 1.82) is 0 Å². The minimum atomic E-state index is -0.770. The smallest absolute Gasteiger partial charge is 0.331 e. The number of nitrogens with one attached hydrogen (secondary N) is 1. The first-order valence-electron chi connectivity index (χ1n) is 6.12. The number of ether oxygens (including phenoxy) is 2. The summed E-state index contributed by atoms with van der Waals surface area (Å²) in [5, 5.41) is 3.22. The summed E-state index contributed by atoms with van der Waals surface area (Å²) in [6, 6.07) is 9.62. The van der Waals surface area contributed by atoms with Crippen molar-refractivity contribution >= 4 is 11.7 Å². The summed E-state index contributed by atoms with van der Waals surface area (Å²) in [7, 11) is 1.62. The number of rotatable bonds is 7. The molecule has 0 radical (unpaired) electrons. The zero-order valence-corrected chi connectivity index (χ0v) is 11.2. The Morgan fingerprint density at radius 3 is 2.56 bits per heavy atom. The van der Waals surface area contributed by atoms with Crippen LogP contribution in [0.2, 0.25) is 0 Å². The molecule has 0 aliphatic heterocycles. The fraction of sp³-hybridized carbons (Fsp3) is 0.500. The Labute approximate surface area is 108 Å². The first kappa shape index (κ1) is 14.5. The lowest BCUT2D eigenvalue weighted by molar-refractivity contribution is -0.148. The van der Waals surface area contributed by atoms with Crippen molar-refractivity contribution in [1.82, 2.24) is 0 Å². The molecule has 1 unspecified atom stereocenters. The highest BCUT2D eigenvalue weighted by Gasteiger charge is 2.34. The average Bonchev–Trinajstić information content (AvgIpc) is 2.38. The van der Waals surface area contributed by atoms with Gasteiger partial charge in [-0.05, 0) is 26.0 Å². The predicted octanol–water partition coefficient (Wildman–Crippen LogP) is 2.46. The van der Waals surface area contributed by atoms with E-state index in [2.05, 4.69) is 5.32 Å². The van der Waals surface area contributed by atoms with Crippen LogP contribution in [0, 0.1) is 0 Å². The van der Waals surface area contributed by atoms with E-state index in [0.29, 0.717) is 19.6 Å². The maximum atomic E-state index is 12.0. The first-order chi connectivity index (χ1) is 8.62. The maximum absolute atomic E-state index is 12.0. The monoisotopic (exact) mass is 251 g/mol. The number of anilines is 1. The van der Waals surface area contributed by atoms with Crippen LogP contribution in [-0.4, -0.2) is 31.8 Å². The molecule has 4 nitrogen and oxygen atoms in total. The molecule has 1 aromatic carbocycles. The number of benzene rings is 1. The molecule has 100 valence electrons. The van der Waals surface area contributed by atoms with E-state index >= 15 is 0 Å². The lowest BCUT2D eigenvalue weighted by atomic mass is 9.97. The minimum Gasteiger partial charge on any atom is -0.464 e. The van der Waals surface area contributed by atoms with Gasteiger partial charge in [0.05, 0.1) is 6.61 Å². The van der Waals surface area contributed by atoms with E-state index in [4.69, 9.17) is 9.47 Å². The molecule has 18 heavy (non-hydrogen) atoms. The molecule has 1 rings (SSSR count). The molecule has 1 atom stereocenters. The quantitative estimate of drug-likeness (QED) is 0.756. The van der Waals surface area contributed by atoms with Gasteiger partial charge in [-0.15, -0.1) is 0 Å². The summed E-state index contributed by atoms with van der Waals surface area (Å²) in [5.74, 6) is -0.258. The second-order valence-corrected chi connectivity index (χ2v) is 4.29. The third-order valence-corrected chi connectivity index (χ3v) is 2.73. The molecule has 1 aromatic rings. The Kier molecular flexibility index (Phi) is 5.65. The molecule has 0 saturated carbocycles. The van der Waals surface area contributed by atoms with E-state index in [1.54, 1.807) is 14.0 Å². The van der Waals surface area contributed by atoms with E-state index in [1.807, 2.05) is 37.3 Å². The Bertz CT molecular complexity index is 367. The third-order valence-electron chi connectivity index (χ3n) is 2.73. The van der Waals surface area contributed by atoms with Crippen molar-refractivity contribution in [2.45, 2.75) is 25.8 Å². The molecule has 4 heteroatoms. The van der Waals surface area contributed by atoms with Crippen LogP contribution in [0.1, 0.15) is 20.3 Å². The van der Waals surface area contributed by atoms with E-state index < -0.39 is 5.54 Å². The molecule has 0 bridgehead atoms. The lowest BCUT2D eigenvalue weighted by Crippen LogP contribution is -2.45. The molecule has 0 aromatic heterocycles. The average molecular weight is 251 g/mol. The van der Waals surface area contributed by atoms with Crippen LogP contribution in [0.25, 0.3) is 0 Å². The topological polar surface area (TPSA) is 47.6 Å². The SMILES string of the molecule is CCOC(=O)C(C)(CCOC)Nc1ccccc1. The lowest BCUT2D eigenvalue weighted by Gasteiger charge is -2.29. The highest BCUT2D eigenvalue weighted by atomic mass is 16.5. The zero-order valence-electron chi connectivity index (χ0n) is 11.2. The molecule has 0 aliphatic carbocycles. The van der Waals surface area contributed by atoms with Crippen LogP contribution < -0.4 is 5.32 Å². The van der Waals surface area contributed by atoms with Crippen LogP contribution in [0.5, 0.6) is 0 Å². The van der Waals surface area contributed by atoms with Gasteiger partial charge in [-0.1, -0.05) is 18.2 Å². The number of esters is 1. The summed E-state index contributed by atoms with van der Waals surface area (Å²) < 4.78 is 10.2. The standard InChI is InChI=1S/C14H21NO3/c1-4-18-13(16)14(2,10-11-17-3)15-12-8-6-5-7-9-12/h5-9,15H,4,10-11H2,1-3H3. The second-order valence-electron chi connectivity index (χ2n) is 4.29. The highest BCUT2D eigenvalue weighted by molar-refractivity contribution is 5.84. The van der Waals surface area contributed by atoms with Gasteiger partial charge in [0.2, 0.25) is 0 Å². The van der Waals surface area contributed by atoms with E-state index in [1.165, 1.54) is 0 Å². The number of methoxy groups -OCH3 is 1. The van der Waals surface area contributed by atoms with E-state index in [9.17, 15) is 4.79 Å². The fourth-order valence-electron chi connectivity index (χ4n) is 1.65. The minimum absolute atomic E-state index is 0.258. The van der Waals surface area contributed by atoms with E-state index in [0.717, 1.165) is 5.69 Å². The second kappa shape index (κ2) is 7.01. The predicted molar refractivity (Wildman–Crippen MR) is 71.6 cm³/mol. The molecular formula is C14H21NO3. The van der Waals surface area contributed by atoms with Gasteiger partial charge in [0, 0.05) is 25.8 Å². The van der Waals surface area contributed by atoms with Crippen LogP contribution in [0.15, 0.2) is 30.3 Å². The van der Waals surface area contributed by atoms with Gasteiger partial charge in [-0.3, -0.25) is 0 Å². The normalized spacial score (nSPS) is 13.7. The van der Waals surface area contributed by atoms with Crippen LogP contribution in [0.3, 0.4) is 0 Å². The van der Waals surface area contributed by atoms with Gasteiger partial charge in [0.15, 0.2) is 0 Å². The summed E-state index contributed by atoms with van der Waals surface area (Å²) in [5.41, 5.74) is 0.122. The number of carbonyl (C=O) groups excluding carboxylic acids is 1. The van der Waals surface area contributed by atoms with Gasteiger partial charge in [-0.2, -0.15) is 0 Å². The Morgan fingerprint density at radius 2 is 2.00 bits per heavy atom. The third kappa shape index (κ3) is 4.04. The number of carbonyl (C=O) groups is 1. The van der Waals surface area contributed by atoms with Crippen molar-refractivity contribution in [3.8, 4) is 0 Å². The molecular weight excluding hydrogens is 230 g/mol. The zero-order chi connectivity index (χ0) is 13.4. The molecule has 0 spiro atoms. The molecule has 0 amide bonds.